The number of alkyl halides is 2. The van der Waals surface area contributed by atoms with Crippen molar-refractivity contribution in [1.82, 2.24) is 10.2 Å². The monoisotopic (exact) mass is 338 g/mol. The van der Waals surface area contributed by atoms with E-state index in [0.717, 1.165) is 19.3 Å². The Balaban J connectivity index is 1.58. The zero-order valence-electron chi connectivity index (χ0n) is 13.6. The van der Waals surface area contributed by atoms with E-state index in [1.165, 1.54) is 4.90 Å². The first kappa shape index (κ1) is 17.1. The second-order valence-corrected chi connectivity index (χ2v) is 6.89. The fourth-order valence-corrected chi connectivity index (χ4v) is 3.63. The number of hydrogen-bond acceptors (Lipinski definition) is 2. The van der Waals surface area contributed by atoms with Gasteiger partial charge in [-0.2, -0.15) is 0 Å². The van der Waals surface area contributed by atoms with E-state index in [2.05, 4.69) is 5.32 Å². The van der Waals surface area contributed by atoms with Crippen molar-refractivity contribution < 1.29 is 18.7 Å². The summed E-state index contributed by atoms with van der Waals surface area (Å²) < 4.78 is 26.6. The highest BCUT2D eigenvalue weighted by molar-refractivity contribution is 5.75. The van der Waals surface area contributed by atoms with Gasteiger partial charge in [-0.1, -0.05) is 36.8 Å². The molecule has 24 heavy (non-hydrogen) atoms. The molecule has 3 rings (SSSR count). The Morgan fingerprint density at radius 2 is 1.83 bits per heavy atom. The van der Waals surface area contributed by atoms with E-state index < -0.39 is 24.1 Å². The number of carbonyl (C=O) groups is 1. The molecule has 2 N–H and O–H groups in total. The number of nitrogens with one attached hydrogen (secondary N) is 1. The molecule has 1 saturated carbocycles. The lowest BCUT2D eigenvalue weighted by atomic mass is 9.69. The second-order valence-electron chi connectivity index (χ2n) is 6.89. The highest BCUT2D eigenvalue weighted by atomic mass is 19.3. The molecule has 1 atom stereocenters. The molecule has 6 heteroatoms. The number of halogens is 2. The Bertz CT molecular complexity index is 555. The molecule has 1 aromatic carbocycles. The van der Waals surface area contributed by atoms with Crippen molar-refractivity contribution in [2.75, 3.05) is 13.1 Å². The quantitative estimate of drug-likeness (QED) is 0.885. The molecule has 1 aromatic rings. The number of amides is 2. The van der Waals surface area contributed by atoms with E-state index in [0.29, 0.717) is 37.4 Å². The van der Waals surface area contributed by atoms with Crippen LogP contribution in [0.4, 0.5) is 13.6 Å². The maximum atomic E-state index is 13.3. The molecule has 2 amide bonds. The first-order valence-electron chi connectivity index (χ1n) is 8.60. The van der Waals surface area contributed by atoms with Gasteiger partial charge >= 0.3 is 6.03 Å². The molecular weight excluding hydrogens is 314 g/mol. The summed E-state index contributed by atoms with van der Waals surface area (Å²) in [7, 11) is 0. The number of aliphatic hydroxyl groups is 1. The topological polar surface area (TPSA) is 52.6 Å². The van der Waals surface area contributed by atoms with Crippen molar-refractivity contribution in [3.05, 3.63) is 35.9 Å². The van der Waals surface area contributed by atoms with E-state index in [9.17, 15) is 18.7 Å². The minimum Gasteiger partial charge on any atom is -0.389 e. The standard InChI is InChI=1S/C18H24F2N2O2/c19-16(20)15(13-5-2-1-3-6-13)21-17(23)22-11-9-18(24,10-12-22)14-7-4-8-14/h1-3,5-6,14-16,24H,4,7-12H2,(H,21,23). The van der Waals surface area contributed by atoms with E-state index in [-0.39, 0.29) is 0 Å². The van der Waals surface area contributed by atoms with Crippen LogP contribution in [-0.4, -0.2) is 41.2 Å². The number of urea groups is 1. The average molecular weight is 338 g/mol. The number of nitrogens with zero attached hydrogens (tertiary/aromatic N) is 1. The molecule has 0 radical (unpaired) electrons. The molecule has 2 fully saturated rings. The van der Waals surface area contributed by atoms with Crippen molar-refractivity contribution in [2.45, 2.75) is 50.2 Å². The molecule has 132 valence electrons. The number of likely N-dealkylation sites (tertiary alicyclic amines) is 1. The van der Waals surface area contributed by atoms with Crippen LogP contribution in [0, 0.1) is 5.92 Å². The summed E-state index contributed by atoms with van der Waals surface area (Å²) in [5.74, 6) is 0.334. The third kappa shape index (κ3) is 3.53. The van der Waals surface area contributed by atoms with Gasteiger partial charge in [0.2, 0.25) is 0 Å². The zero-order valence-corrected chi connectivity index (χ0v) is 13.6. The Kier molecular flexibility index (Phi) is 5.04. The van der Waals surface area contributed by atoms with Gasteiger partial charge in [0.1, 0.15) is 6.04 Å². The number of hydrogen-bond donors (Lipinski definition) is 2. The summed E-state index contributed by atoms with van der Waals surface area (Å²) in [5, 5.41) is 13.1. The van der Waals surface area contributed by atoms with Crippen LogP contribution in [0.25, 0.3) is 0 Å². The van der Waals surface area contributed by atoms with Gasteiger partial charge < -0.3 is 15.3 Å². The molecule has 1 unspecified atom stereocenters. The van der Waals surface area contributed by atoms with Gasteiger partial charge in [-0.3, -0.25) is 0 Å². The van der Waals surface area contributed by atoms with Crippen LogP contribution < -0.4 is 5.32 Å². The Labute approximate surface area is 140 Å². The van der Waals surface area contributed by atoms with Crippen LogP contribution in [0.1, 0.15) is 43.7 Å². The molecule has 1 saturated heterocycles. The average Bonchev–Trinajstić information content (AvgIpc) is 2.51. The Morgan fingerprint density at radius 1 is 1.21 bits per heavy atom. The maximum Gasteiger partial charge on any atom is 0.318 e. The first-order valence-corrected chi connectivity index (χ1v) is 8.60. The van der Waals surface area contributed by atoms with E-state index >= 15 is 0 Å². The van der Waals surface area contributed by atoms with Crippen LogP contribution in [0.3, 0.4) is 0 Å². The van der Waals surface area contributed by atoms with E-state index in [1.807, 2.05) is 0 Å². The zero-order chi connectivity index (χ0) is 17.2. The SMILES string of the molecule is O=C(NC(c1ccccc1)C(F)F)N1CCC(O)(C2CCC2)CC1. The number of benzene rings is 1. The molecule has 0 spiro atoms. The summed E-state index contributed by atoms with van der Waals surface area (Å²) in [6.07, 6.45) is 1.62. The normalized spacial score (nSPS) is 22.1. The highest BCUT2D eigenvalue weighted by Crippen LogP contribution is 2.41. The third-order valence-electron chi connectivity index (χ3n) is 5.47. The van der Waals surface area contributed by atoms with Crippen molar-refractivity contribution in [3.8, 4) is 0 Å². The van der Waals surface area contributed by atoms with Crippen LogP contribution in [-0.2, 0) is 0 Å². The lowest BCUT2D eigenvalue weighted by Crippen LogP contribution is -2.54. The largest absolute Gasteiger partial charge is 0.389 e. The highest BCUT2D eigenvalue weighted by Gasteiger charge is 2.43. The van der Waals surface area contributed by atoms with Crippen molar-refractivity contribution in [2.24, 2.45) is 5.92 Å². The fourth-order valence-electron chi connectivity index (χ4n) is 3.63. The second kappa shape index (κ2) is 7.05. The van der Waals surface area contributed by atoms with Crippen LogP contribution in [0.15, 0.2) is 30.3 Å². The molecular formula is C18H24F2N2O2. The molecule has 1 aliphatic carbocycles. The summed E-state index contributed by atoms with van der Waals surface area (Å²) in [6.45, 7) is 0.813. The Morgan fingerprint density at radius 3 is 2.33 bits per heavy atom. The minimum absolute atomic E-state index is 0.334. The Hall–Kier alpha value is -1.69. The number of piperidine rings is 1. The van der Waals surface area contributed by atoms with Gasteiger partial charge in [0.05, 0.1) is 5.60 Å². The lowest BCUT2D eigenvalue weighted by molar-refractivity contribution is -0.0853. The van der Waals surface area contributed by atoms with Crippen molar-refractivity contribution >= 4 is 6.03 Å². The summed E-state index contributed by atoms with van der Waals surface area (Å²) >= 11 is 0. The molecule has 4 nitrogen and oxygen atoms in total. The van der Waals surface area contributed by atoms with Gasteiger partial charge in [0, 0.05) is 13.1 Å². The lowest BCUT2D eigenvalue weighted by Gasteiger charge is -2.46. The van der Waals surface area contributed by atoms with Gasteiger partial charge in [-0.25, -0.2) is 13.6 Å². The molecule has 0 aromatic heterocycles. The number of rotatable bonds is 4. The molecule has 1 heterocycles. The van der Waals surface area contributed by atoms with Gasteiger partial charge in [0.25, 0.3) is 6.43 Å². The van der Waals surface area contributed by atoms with Crippen LogP contribution in [0.5, 0.6) is 0 Å². The smallest absolute Gasteiger partial charge is 0.318 e. The van der Waals surface area contributed by atoms with Gasteiger partial charge in [-0.15, -0.1) is 0 Å². The van der Waals surface area contributed by atoms with Gasteiger partial charge in [0.15, 0.2) is 0 Å². The van der Waals surface area contributed by atoms with E-state index in [4.69, 9.17) is 0 Å². The third-order valence-corrected chi connectivity index (χ3v) is 5.47. The van der Waals surface area contributed by atoms with Crippen molar-refractivity contribution in [1.29, 1.82) is 0 Å². The van der Waals surface area contributed by atoms with E-state index in [1.54, 1.807) is 30.3 Å². The number of carbonyl (C=O) groups excluding carboxylic acids is 1. The molecule has 2 aliphatic rings. The first-order chi connectivity index (χ1) is 11.5. The predicted molar refractivity (Wildman–Crippen MR) is 86.8 cm³/mol. The van der Waals surface area contributed by atoms with Gasteiger partial charge in [-0.05, 0) is 37.2 Å². The van der Waals surface area contributed by atoms with Crippen LogP contribution >= 0.6 is 0 Å². The maximum absolute atomic E-state index is 13.3. The fraction of sp³-hybridized carbons (Fsp3) is 0.611. The summed E-state index contributed by atoms with van der Waals surface area (Å²) in [5.41, 5.74) is -0.292. The van der Waals surface area contributed by atoms with Crippen LogP contribution in [0.2, 0.25) is 0 Å². The predicted octanol–water partition coefficient (Wildman–Crippen LogP) is 3.33. The summed E-state index contributed by atoms with van der Waals surface area (Å²) in [4.78, 5) is 13.9. The molecule has 0 bridgehead atoms. The summed E-state index contributed by atoms with van der Waals surface area (Å²) in [6, 6.07) is 6.48. The van der Waals surface area contributed by atoms with Crippen molar-refractivity contribution in [3.63, 3.8) is 0 Å². The minimum atomic E-state index is -2.67. The molecule has 1 aliphatic heterocycles.